The van der Waals surface area contributed by atoms with Crippen LogP contribution in [0, 0.1) is 12.7 Å². The van der Waals surface area contributed by atoms with E-state index in [-0.39, 0.29) is 17.6 Å². The second-order valence-corrected chi connectivity index (χ2v) is 13.6. The first-order valence-corrected chi connectivity index (χ1v) is 15.6. The molecule has 1 fully saturated rings. The molecule has 13 heteroatoms. The van der Waals surface area contributed by atoms with Gasteiger partial charge >= 0.3 is 0 Å². The Hall–Kier alpha value is -3.90. The molecule has 5 rings (SSSR count). The molecule has 9 nitrogen and oxygen atoms in total. The normalized spacial score (nSPS) is 21.6. The lowest BCUT2D eigenvalue weighted by Gasteiger charge is -2.47. The molecule has 2 radical (unpaired) electrons. The van der Waals surface area contributed by atoms with E-state index in [9.17, 15) is 27.2 Å². The van der Waals surface area contributed by atoms with E-state index >= 15 is 0 Å². The Bertz CT molecular complexity index is 1800. The molecule has 0 unspecified atom stereocenters. The van der Waals surface area contributed by atoms with Gasteiger partial charge in [0.05, 0.1) is 12.3 Å². The summed E-state index contributed by atoms with van der Waals surface area (Å²) in [5.74, 6) is -3.20. The third-order valence-electron chi connectivity index (χ3n) is 7.90. The van der Waals surface area contributed by atoms with Gasteiger partial charge in [-0.25, -0.2) is 17.5 Å². The van der Waals surface area contributed by atoms with Gasteiger partial charge in [0.2, 0.25) is 21.8 Å². The first kappa shape index (κ1) is 30.6. The summed E-state index contributed by atoms with van der Waals surface area (Å²) in [5.41, 5.74) is -0.654. The molecule has 2 heterocycles. The number of piperidine rings is 1. The zero-order chi connectivity index (χ0) is 31.5. The number of halogens is 2. The number of hydrogen-bond acceptors (Lipinski definition) is 6. The van der Waals surface area contributed by atoms with Gasteiger partial charge in [-0.1, -0.05) is 41.3 Å². The smallest absolute Gasteiger partial charge is 0.277 e. The standard InChI is InChI=1S/C30H28BClFN3O6S/c1-15-5-8-18(33)13-19(15)26-30(21-9-7-17(32)12-23(21)34-28(30)39)22(14-25(37)35-26)20-11-16(31)6-10-24(20)42-29(2,3)27(38)36-43(4,40)41/h5-13,22,26H,14H2,1-4H3,(H,34,39)(H,35,37)(H,36,38)/t22-,26+,30-/m1/s1. The van der Waals surface area contributed by atoms with Crippen LogP contribution in [0.1, 0.15) is 54.5 Å². The fourth-order valence-electron chi connectivity index (χ4n) is 5.99. The molecule has 3 aromatic carbocycles. The molecule has 3 amide bonds. The van der Waals surface area contributed by atoms with Gasteiger partial charge in [0, 0.05) is 23.0 Å². The van der Waals surface area contributed by atoms with E-state index in [2.05, 4.69) is 10.6 Å². The van der Waals surface area contributed by atoms with Crippen LogP contribution in [-0.2, 0) is 29.8 Å². The number of aryl methyl sites for hydroxylation is 1. The Balaban J connectivity index is 1.76. The summed E-state index contributed by atoms with van der Waals surface area (Å²) in [7, 11) is 2.32. The lowest BCUT2D eigenvalue weighted by Crippen LogP contribution is -2.57. The van der Waals surface area contributed by atoms with Crippen molar-refractivity contribution in [2.45, 2.75) is 50.2 Å². The predicted molar refractivity (Wildman–Crippen MR) is 161 cm³/mol. The molecule has 0 bridgehead atoms. The molecular weight excluding hydrogens is 596 g/mol. The van der Waals surface area contributed by atoms with E-state index in [1.807, 2.05) is 4.72 Å². The number of carbonyl (C=O) groups excluding carboxylic acids is 3. The molecule has 3 atom stereocenters. The quantitative estimate of drug-likeness (QED) is 0.362. The molecule has 222 valence electrons. The highest BCUT2D eigenvalue weighted by molar-refractivity contribution is 7.89. The molecule has 0 saturated carbocycles. The maximum absolute atomic E-state index is 14.7. The number of carbonyl (C=O) groups is 3. The Kier molecular flexibility index (Phi) is 7.59. The maximum Gasteiger partial charge on any atom is 0.277 e. The van der Waals surface area contributed by atoms with Gasteiger partial charge in [0.1, 0.15) is 24.8 Å². The number of amides is 3. The van der Waals surface area contributed by atoms with Crippen LogP contribution < -0.4 is 25.6 Å². The summed E-state index contributed by atoms with van der Waals surface area (Å²) >= 11 is 6.28. The van der Waals surface area contributed by atoms with Crippen LogP contribution in [0.4, 0.5) is 10.1 Å². The maximum atomic E-state index is 14.7. The van der Waals surface area contributed by atoms with Gasteiger partial charge in [-0.3, -0.25) is 14.4 Å². The zero-order valence-electron chi connectivity index (χ0n) is 23.7. The van der Waals surface area contributed by atoms with E-state index in [1.165, 1.54) is 38.1 Å². The number of benzene rings is 3. The minimum absolute atomic E-state index is 0.104. The number of nitrogens with one attached hydrogen (secondary N) is 3. The molecule has 2 aliphatic rings. The van der Waals surface area contributed by atoms with Gasteiger partial charge in [-0.15, -0.1) is 0 Å². The molecule has 43 heavy (non-hydrogen) atoms. The van der Waals surface area contributed by atoms with Crippen LogP contribution in [0.15, 0.2) is 54.6 Å². The Labute approximate surface area is 255 Å². The minimum Gasteiger partial charge on any atom is -0.478 e. The number of fused-ring (bicyclic) bond motifs is 2. The number of rotatable bonds is 6. The monoisotopic (exact) mass is 623 g/mol. The topological polar surface area (TPSA) is 131 Å². The summed E-state index contributed by atoms with van der Waals surface area (Å²) in [6.45, 7) is 4.52. The Morgan fingerprint density at radius 3 is 2.53 bits per heavy atom. The number of sulfonamides is 1. The lowest BCUT2D eigenvalue weighted by molar-refractivity contribution is -0.133. The van der Waals surface area contributed by atoms with Gasteiger partial charge < -0.3 is 15.4 Å². The van der Waals surface area contributed by atoms with Crippen LogP contribution >= 0.6 is 11.6 Å². The molecule has 1 spiro atoms. The Morgan fingerprint density at radius 1 is 1.12 bits per heavy atom. The predicted octanol–water partition coefficient (Wildman–Crippen LogP) is 3.05. The largest absolute Gasteiger partial charge is 0.478 e. The summed E-state index contributed by atoms with van der Waals surface area (Å²) in [4.78, 5) is 40.6. The molecule has 3 N–H and O–H groups in total. The summed E-state index contributed by atoms with van der Waals surface area (Å²) < 4.78 is 46.3. The van der Waals surface area contributed by atoms with E-state index < -0.39 is 56.5 Å². The molecule has 2 aliphatic heterocycles. The fourth-order valence-corrected chi connectivity index (χ4v) is 6.74. The second kappa shape index (κ2) is 10.7. The van der Waals surface area contributed by atoms with Crippen molar-refractivity contribution < 1.29 is 31.9 Å². The number of hydrogen-bond donors (Lipinski definition) is 3. The van der Waals surface area contributed by atoms with Crippen LogP contribution in [0.2, 0.25) is 5.02 Å². The molecule has 1 saturated heterocycles. The first-order valence-electron chi connectivity index (χ1n) is 13.3. The van der Waals surface area contributed by atoms with Crippen LogP contribution in [0.5, 0.6) is 5.75 Å². The summed E-state index contributed by atoms with van der Waals surface area (Å²) in [6.07, 6.45) is 0.646. The van der Waals surface area contributed by atoms with Crippen molar-refractivity contribution in [2.24, 2.45) is 0 Å². The molecule has 0 aromatic heterocycles. The summed E-state index contributed by atoms with van der Waals surface area (Å²) in [5, 5.41) is 6.22. The van der Waals surface area contributed by atoms with E-state index in [1.54, 1.807) is 37.3 Å². The van der Waals surface area contributed by atoms with Crippen LogP contribution in [-0.4, -0.2) is 45.8 Å². The van der Waals surface area contributed by atoms with Crippen molar-refractivity contribution >= 4 is 58.3 Å². The van der Waals surface area contributed by atoms with Crippen molar-refractivity contribution in [1.29, 1.82) is 0 Å². The lowest BCUT2D eigenvalue weighted by atomic mass is 9.58. The van der Waals surface area contributed by atoms with E-state index in [0.29, 0.717) is 33.0 Å². The average molecular weight is 624 g/mol. The fraction of sp³-hybridized carbons (Fsp3) is 0.300. The molecule has 3 aromatic rings. The Morgan fingerprint density at radius 2 is 1.84 bits per heavy atom. The van der Waals surface area contributed by atoms with Gasteiger partial charge in [0.15, 0.2) is 5.60 Å². The van der Waals surface area contributed by atoms with Crippen molar-refractivity contribution in [3.05, 3.63) is 87.7 Å². The molecular formula is C30H28BClFN3O6S. The SMILES string of the molecule is [B]c1ccc(OC(C)(C)C(=O)NS(C)(=O)=O)c([C@H]2CC(=O)N[C@@H](c3cc(F)ccc3C)[C@]23C(=O)Nc2cc(Cl)ccc23)c1. The van der Waals surface area contributed by atoms with Crippen molar-refractivity contribution in [1.82, 2.24) is 10.0 Å². The third-order valence-corrected chi connectivity index (χ3v) is 8.69. The van der Waals surface area contributed by atoms with Gasteiger partial charge in [-0.2, -0.15) is 0 Å². The highest BCUT2D eigenvalue weighted by atomic mass is 35.5. The number of anilines is 1. The third kappa shape index (κ3) is 5.49. The second-order valence-electron chi connectivity index (χ2n) is 11.4. The number of ether oxygens (including phenoxy) is 1. The average Bonchev–Trinajstić information content (AvgIpc) is 3.17. The van der Waals surface area contributed by atoms with E-state index in [4.69, 9.17) is 24.2 Å². The highest BCUT2D eigenvalue weighted by Crippen LogP contribution is 2.59. The summed E-state index contributed by atoms with van der Waals surface area (Å²) in [6, 6.07) is 12.6. The van der Waals surface area contributed by atoms with Crippen LogP contribution in [0.3, 0.4) is 0 Å². The minimum atomic E-state index is -3.90. The van der Waals surface area contributed by atoms with Crippen molar-refractivity contribution in [2.75, 3.05) is 11.6 Å². The van der Waals surface area contributed by atoms with Crippen molar-refractivity contribution in [3.63, 3.8) is 0 Å². The van der Waals surface area contributed by atoms with Crippen LogP contribution in [0.25, 0.3) is 0 Å². The highest BCUT2D eigenvalue weighted by Gasteiger charge is 2.62. The first-order chi connectivity index (χ1) is 20.0. The van der Waals surface area contributed by atoms with Crippen molar-refractivity contribution in [3.8, 4) is 5.75 Å². The van der Waals surface area contributed by atoms with Gasteiger partial charge in [0.25, 0.3) is 5.91 Å². The molecule has 0 aliphatic carbocycles. The zero-order valence-corrected chi connectivity index (χ0v) is 25.3. The van der Waals surface area contributed by atoms with E-state index in [0.717, 1.165) is 6.26 Å². The van der Waals surface area contributed by atoms with Gasteiger partial charge in [-0.05, 0) is 73.4 Å².